The molecule has 0 heterocycles. The maximum absolute atomic E-state index is 13.7. The number of rotatable bonds is 18. The van der Waals surface area contributed by atoms with Crippen LogP contribution in [0.2, 0.25) is 0 Å². The molecular formula is C60H96O4. The summed E-state index contributed by atoms with van der Waals surface area (Å²) in [5, 5.41) is 0. The van der Waals surface area contributed by atoms with Gasteiger partial charge in [-0.3, -0.25) is 0 Å². The quantitative estimate of drug-likeness (QED) is 0.0596. The molecule has 0 aliphatic heterocycles. The molecule has 6 saturated carbocycles. The normalized spacial score (nSPS) is 41.5. The van der Waals surface area contributed by atoms with Crippen LogP contribution in [-0.4, -0.2) is 24.1 Å². The predicted octanol–water partition coefficient (Wildman–Crippen LogP) is 16.8. The lowest BCUT2D eigenvalue weighted by atomic mass is 9.47. The van der Waals surface area contributed by atoms with Gasteiger partial charge in [-0.15, -0.1) is 0 Å². The molecule has 6 fully saturated rings. The molecule has 0 saturated heterocycles. The Hall–Kier alpha value is -1.84. The van der Waals surface area contributed by atoms with Crippen LogP contribution in [-0.2, 0) is 19.1 Å². The SMILES string of the molecule is CCCCCCCC[C@@H]1CC[C@@H]2[C@@H]3CC=C4C[C@H](OC(=O)/C(C)=C(\C)C(=O)O[C@H]5CC[C@@]6(C)C(=CC[C@H]7[C@@H]8CC[C@H](CCCCCCCC)[C@@]8(C)CC[C@@H]76)C5)CC[C@@]4(C)[C@H]3CC[C@@]12C. The van der Waals surface area contributed by atoms with Gasteiger partial charge >= 0.3 is 11.9 Å². The average Bonchev–Trinajstić information content (AvgIpc) is 3.81. The molecule has 0 aromatic rings. The zero-order valence-electron chi connectivity index (χ0n) is 42.8. The van der Waals surface area contributed by atoms with Gasteiger partial charge in [0.1, 0.15) is 12.2 Å². The van der Waals surface area contributed by atoms with E-state index in [9.17, 15) is 9.59 Å². The Morgan fingerprint density at radius 2 is 0.891 bits per heavy atom. The molecule has 0 radical (unpaired) electrons. The van der Waals surface area contributed by atoms with E-state index in [4.69, 9.17) is 9.47 Å². The summed E-state index contributed by atoms with van der Waals surface area (Å²) in [5.41, 5.74) is 5.43. The standard InChI is InChI=1S/C60H96O4/c1-9-11-13-15-17-19-21-43-25-29-51-49-27-23-45-39-47(31-35-59(45,7)53(49)33-37-57(43,51)5)63-55(61)41(3)42(4)56(62)64-48-32-36-60(8)46(40-48)24-28-50-52-30-26-44(22-20-18-16-14-12-10-2)58(52,6)38-34-54(50)60/h23-24,43-44,47-54H,9-22,25-40H2,1-8H3/b42-41+/t43-,44+,47-,48+,49-,50-,51-,52+,53-,54-,57+,58-,59-,60+/m0/s1. The molecule has 8 aliphatic carbocycles. The molecule has 8 aliphatic rings. The van der Waals surface area contributed by atoms with E-state index in [1.54, 1.807) is 25.0 Å². The second kappa shape index (κ2) is 20.4. The first kappa shape index (κ1) is 48.6. The number of fused-ring (bicyclic) bond motifs is 10. The van der Waals surface area contributed by atoms with E-state index >= 15 is 0 Å². The average molecular weight is 881 g/mol. The van der Waals surface area contributed by atoms with E-state index in [2.05, 4.69) is 53.7 Å². The van der Waals surface area contributed by atoms with Gasteiger partial charge in [-0.1, -0.05) is 142 Å². The molecule has 14 atom stereocenters. The molecule has 0 aromatic carbocycles. The van der Waals surface area contributed by atoms with Crippen molar-refractivity contribution < 1.29 is 19.1 Å². The fourth-order valence-corrected chi connectivity index (χ4v) is 17.8. The van der Waals surface area contributed by atoms with Crippen molar-refractivity contribution >= 4 is 11.9 Å². The van der Waals surface area contributed by atoms with Crippen molar-refractivity contribution in [1.82, 2.24) is 0 Å². The fraction of sp³-hybridized carbons (Fsp3) is 0.867. The van der Waals surface area contributed by atoms with Gasteiger partial charge < -0.3 is 9.47 Å². The number of hydrogen-bond donors (Lipinski definition) is 0. The number of unbranched alkanes of at least 4 members (excludes halogenated alkanes) is 10. The number of hydrogen-bond acceptors (Lipinski definition) is 4. The summed E-state index contributed by atoms with van der Waals surface area (Å²) in [5.74, 6) is 6.05. The van der Waals surface area contributed by atoms with E-state index in [0.29, 0.717) is 22.0 Å². The highest BCUT2D eigenvalue weighted by atomic mass is 16.5. The number of allylic oxidation sites excluding steroid dienone is 2. The number of esters is 2. The Balaban J connectivity index is 0.815. The van der Waals surface area contributed by atoms with E-state index < -0.39 is 0 Å². The number of carbonyl (C=O) groups is 2. The van der Waals surface area contributed by atoms with Crippen molar-refractivity contribution in [3.8, 4) is 0 Å². The Labute approximate surface area is 393 Å². The van der Waals surface area contributed by atoms with Crippen molar-refractivity contribution in [3.05, 3.63) is 34.4 Å². The van der Waals surface area contributed by atoms with Crippen LogP contribution < -0.4 is 0 Å². The van der Waals surface area contributed by atoms with Gasteiger partial charge in [-0.2, -0.15) is 0 Å². The number of carbonyl (C=O) groups excluding carboxylic acids is 2. The van der Waals surface area contributed by atoms with Gasteiger partial charge in [0, 0.05) is 24.0 Å². The van der Waals surface area contributed by atoms with Gasteiger partial charge in [-0.25, -0.2) is 9.59 Å². The van der Waals surface area contributed by atoms with E-state index in [-0.39, 0.29) is 35.0 Å². The van der Waals surface area contributed by atoms with Gasteiger partial charge in [0.2, 0.25) is 0 Å². The highest BCUT2D eigenvalue weighted by Crippen LogP contribution is 2.68. The lowest BCUT2D eigenvalue weighted by Crippen LogP contribution is -2.50. The first-order chi connectivity index (χ1) is 30.8. The summed E-state index contributed by atoms with van der Waals surface area (Å²) in [4.78, 5) is 27.4. The molecule has 8 rings (SSSR count). The second-order valence-corrected chi connectivity index (χ2v) is 25.1. The van der Waals surface area contributed by atoms with E-state index in [1.807, 2.05) is 0 Å². The molecule has 0 unspecified atom stereocenters. The van der Waals surface area contributed by atoms with Crippen LogP contribution in [0.1, 0.15) is 248 Å². The maximum atomic E-state index is 13.7. The predicted molar refractivity (Wildman–Crippen MR) is 265 cm³/mol. The van der Waals surface area contributed by atoms with Crippen LogP contribution in [0.5, 0.6) is 0 Å². The summed E-state index contributed by atoms with van der Waals surface area (Å²) in [6, 6.07) is 0. The molecule has 360 valence electrons. The third-order valence-corrected chi connectivity index (χ3v) is 22.0. The Morgan fingerprint density at radius 1 is 0.500 bits per heavy atom. The summed E-state index contributed by atoms with van der Waals surface area (Å²) in [6.07, 6.45) is 44.2. The van der Waals surface area contributed by atoms with Crippen LogP contribution in [0, 0.1) is 69.0 Å². The van der Waals surface area contributed by atoms with Crippen molar-refractivity contribution in [3.63, 3.8) is 0 Å². The van der Waals surface area contributed by atoms with Crippen LogP contribution in [0.15, 0.2) is 34.4 Å². The Morgan fingerprint density at radius 3 is 1.30 bits per heavy atom. The summed E-state index contributed by atoms with van der Waals surface area (Å²) < 4.78 is 12.5. The summed E-state index contributed by atoms with van der Waals surface area (Å²) >= 11 is 0. The molecular weight excluding hydrogens is 785 g/mol. The number of ether oxygens (including phenoxy) is 2. The lowest BCUT2D eigenvalue weighted by molar-refractivity contribution is -0.150. The summed E-state index contributed by atoms with van der Waals surface area (Å²) in [6.45, 7) is 18.7. The van der Waals surface area contributed by atoms with Crippen molar-refractivity contribution in [2.45, 2.75) is 260 Å². The van der Waals surface area contributed by atoms with Crippen molar-refractivity contribution in [2.24, 2.45) is 69.0 Å². The van der Waals surface area contributed by atoms with Crippen molar-refractivity contribution in [1.29, 1.82) is 0 Å². The van der Waals surface area contributed by atoms with E-state index in [0.717, 1.165) is 85.9 Å². The minimum Gasteiger partial charge on any atom is -0.459 e. The zero-order valence-corrected chi connectivity index (χ0v) is 42.8. The van der Waals surface area contributed by atoms with Gasteiger partial charge in [0.15, 0.2) is 0 Å². The first-order valence-electron chi connectivity index (χ1n) is 28.2. The van der Waals surface area contributed by atoms with Crippen LogP contribution in [0.3, 0.4) is 0 Å². The molecule has 0 N–H and O–H groups in total. The highest BCUT2D eigenvalue weighted by molar-refractivity contribution is 5.99. The molecule has 4 nitrogen and oxygen atoms in total. The zero-order chi connectivity index (χ0) is 45.3. The molecule has 0 bridgehead atoms. The molecule has 0 aromatic heterocycles. The third-order valence-electron chi connectivity index (χ3n) is 22.0. The molecule has 0 spiro atoms. The van der Waals surface area contributed by atoms with Crippen LogP contribution in [0.25, 0.3) is 0 Å². The molecule has 0 amide bonds. The maximum Gasteiger partial charge on any atom is 0.334 e. The van der Waals surface area contributed by atoms with Crippen LogP contribution >= 0.6 is 0 Å². The highest BCUT2D eigenvalue weighted by Gasteiger charge is 2.60. The molecule has 64 heavy (non-hydrogen) atoms. The largest absolute Gasteiger partial charge is 0.459 e. The smallest absolute Gasteiger partial charge is 0.334 e. The second-order valence-electron chi connectivity index (χ2n) is 25.1. The van der Waals surface area contributed by atoms with Crippen LogP contribution in [0.4, 0.5) is 0 Å². The summed E-state index contributed by atoms with van der Waals surface area (Å²) in [7, 11) is 0. The van der Waals surface area contributed by atoms with Crippen molar-refractivity contribution in [2.75, 3.05) is 0 Å². The monoisotopic (exact) mass is 881 g/mol. The fourth-order valence-electron chi connectivity index (χ4n) is 17.8. The lowest BCUT2D eigenvalue weighted by Gasteiger charge is -2.58. The minimum atomic E-state index is -0.337. The van der Waals surface area contributed by atoms with Gasteiger partial charge in [-0.05, 0) is 186 Å². The van der Waals surface area contributed by atoms with E-state index in [1.165, 1.54) is 154 Å². The van der Waals surface area contributed by atoms with Gasteiger partial charge in [0.05, 0.1) is 0 Å². The molecule has 4 heteroatoms. The minimum absolute atomic E-state index is 0.115. The first-order valence-corrected chi connectivity index (χ1v) is 28.2. The third kappa shape index (κ3) is 9.34. The Kier molecular flexibility index (Phi) is 15.5. The van der Waals surface area contributed by atoms with Gasteiger partial charge in [0.25, 0.3) is 0 Å². The Bertz CT molecular complexity index is 1610. The topological polar surface area (TPSA) is 52.6 Å².